The second-order valence-corrected chi connectivity index (χ2v) is 8.05. The lowest BCUT2D eigenvalue weighted by Crippen LogP contribution is -2.47. The number of hydrogen-bond donors (Lipinski definition) is 2. The van der Waals surface area contributed by atoms with Crippen LogP contribution in [-0.2, 0) is 9.47 Å². The van der Waals surface area contributed by atoms with E-state index in [2.05, 4.69) is 43.3 Å². The van der Waals surface area contributed by atoms with E-state index in [1.807, 2.05) is 7.05 Å². The number of nitrogens with one attached hydrogen (secondary N) is 2. The quantitative estimate of drug-likeness (QED) is 0.233. The molecule has 0 aliphatic heterocycles. The number of ether oxygens (including phenoxy) is 2. The summed E-state index contributed by atoms with van der Waals surface area (Å²) in [6, 6.07) is 0. The topological polar surface area (TPSA) is 54.9 Å². The maximum Gasteiger partial charge on any atom is 0.191 e. The van der Waals surface area contributed by atoms with Gasteiger partial charge in [-0.2, -0.15) is 0 Å². The summed E-state index contributed by atoms with van der Waals surface area (Å²) in [5, 5.41) is 6.96. The molecule has 5 nitrogen and oxygen atoms in total. The van der Waals surface area contributed by atoms with Crippen LogP contribution in [0.3, 0.4) is 0 Å². The molecule has 0 aromatic heterocycles. The third-order valence-corrected chi connectivity index (χ3v) is 5.20. The highest BCUT2D eigenvalue weighted by atomic mass is 127. The largest absolute Gasteiger partial charge is 0.382 e. The number of hydrogen-bond acceptors (Lipinski definition) is 3. The molecule has 6 heteroatoms. The van der Waals surface area contributed by atoms with Crippen molar-refractivity contribution in [2.75, 3.05) is 40.5 Å². The molecule has 0 heterocycles. The molecule has 0 aromatic carbocycles. The number of nitrogens with zero attached hydrogens (tertiary/aromatic N) is 1. The Morgan fingerprint density at radius 2 is 1.84 bits per heavy atom. The molecule has 0 aromatic rings. The van der Waals surface area contributed by atoms with Crippen LogP contribution in [0, 0.1) is 10.8 Å². The van der Waals surface area contributed by atoms with E-state index < -0.39 is 0 Å². The van der Waals surface area contributed by atoms with Gasteiger partial charge in [-0.15, -0.1) is 24.0 Å². The van der Waals surface area contributed by atoms with Crippen LogP contribution in [0.2, 0.25) is 0 Å². The van der Waals surface area contributed by atoms with Gasteiger partial charge >= 0.3 is 0 Å². The van der Waals surface area contributed by atoms with E-state index in [-0.39, 0.29) is 35.5 Å². The van der Waals surface area contributed by atoms with E-state index in [0.717, 1.165) is 38.7 Å². The molecule has 1 aliphatic carbocycles. The highest BCUT2D eigenvalue weighted by molar-refractivity contribution is 14.0. The third kappa shape index (κ3) is 8.91. The minimum atomic E-state index is 0. The SMILES string of the molecule is CCOCCC1(CNC(=NC)NCC(OC)C(C)(C)C)CCCC1.I. The maximum absolute atomic E-state index is 5.61. The molecule has 1 aliphatic rings. The van der Waals surface area contributed by atoms with Gasteiger partial charge in [0, 0.05) is 40.5 Å². The van der Waals surface area contributed by atoms with Crippen molar-refractivity contribution in [3.05, 3.63) is 0 Å². The molecule has 0 bridgehead atoms. The average molecular weight is 469 g/mol. The molecule has 150 valence electrons. The molecule has 0 radical (unpaired) electrons. The Labute approximate surface area is 172 Å². The third-order valence-electron chi connectivity index (χ3n) is 5.20. The molecule has 0 saturated heterocycles. The Bertz CT molecular complexity index is 377. The predicted molar refractivity (Wildman–Crippen MR) is 117 cm³/mol. The number of methoxy groups -OCH3 is 1. The van der Waals surface area contributed by atoms with Crippen LogP contribution in [0.4, 0.5) is 0 Å². The smallest absolute Gasteiger partial charge is 0.191 e. The van der Waals surface area contributed by atoms with E-state index in [1.165, 1.54) is 25.7 Å². The summed E-state index contributed by atoms with van der Waals surface area (Å²) < 4.78 is 11.2. The summed E-state index contributed by atoms with van der Waals surface area (Å²) >= 11 is 0. The fraction of sp³-hybridized carbons (Fsp3) is 0.947. The second-order valence-electron chi connectivity index (χ2n) is 8.05. The molecule has 1 fully saturated rings. The summed E-state index contributed by atoms with van der Waals surface area (Å²) in [4.78, 5) is 4.37. The maximum atomic E-state index is 5.61. The fourth-order valence-corrected chi connectivity index (χ4v) is 3.50. The van der Waals surface area contributed by atoms with Gasteiger partial charge in [-0.1, -0.05) is 33.6 Å². The molecule has 0 amide bonds. The fourth-order valence-electron chi connectivity index (χ4n) is 3.50. The van der Waals surface area contributed by atoms with Crippen LogP contribution in [0.25, 0.3) is 0 Å². The molecule has 25 heavy (non-hydrogen) atoms. The first-order chi connectivity index (χ1) is 11.4. The van der Waals surface area contributed by atoms with E-state index in [0.29, 0.717) is 5.41 Å². The molecule has 1 unspecified atom stereocenters. The Hall–Kier alpha value is -0.0800. The van der Waals surface area contributed by atoms with Crippen LogP contribution in [0.5, 0.6) is 0 Å². The first-order valence-electron chi connectivity index (χ1n) is 9.42. The van der Waals surface area contributed by atoms with Crippen molar-refractivity contribution in [3.8, 4) is 0 Å². The van der Waals surface area contributed by atoms with E-state index >= 15 is 0 Å². The number of guanidine groups is 1. The van der Waals surface area contributed by atoms with Gasteiger partial charge in [-0.3, -0.25) is 4.99 Å². The van der Waals surface area contributed by atoms with Crippen LogP contribution in [0.15, 0.2) is 4.99 Å². The average Bonchev–Trinajstić information content (AvgIpc) is 2.99. The lowest BCUT2D eigenvalue weighted by atomic mass is 9.83. The molecular formula is C19H40IN3O2. The molecular weight excluding hydrogens is 429 g/mol. The first kappa shape index (κ1) is 24.9. The van der Waals surface area contributed by atoms with Crippen molar-refractivity contribution in [1.82, 2.24) is 10.6 Å². The highest BCUT2D eigenvalue weighted by Gasteiger charge is 2.33. The Morgan fingerprint density at radius 1 is 1.20 bits per heavy atom. The van der Waals surface area contributed by atoms with Gasteiger partial charge < -0.3 is 20.1 Å². The van der Waals surface area contributed by atoms with E-state index in [4.69, 9.17) is 9.47 Å². The zero-order valence-corrected chi connectivity index (χ0v) is 19.4. The minimum Gasteiger partial charge on any atom is -0.382 e. The highest BCUT2D eigenvalue weighted by Crippen LogP contribution is 2.40. The van der Waals surface area contributed by atoms with E-state index in [9.17, 15) is 0 Å². The van der Waals surface area contributed by atoms with Crippen LogP contribution in [0.1, 0.15) is 59.8 Å². The van der Waals surface area contributed by atoms with Crippen molar-refractivity contribution in [1.29, 1.82) is 0 Å². The van der Waals surface area contributed by atoms with Crippen LogP contribution >= 0.6 is 24.0 Å². The Morgan fingerprint density at radius 3 is 2.32 bits per heavy atom. The normalized spacial score (nSPS) is 18.6. The molecule has 1 saturated carbocycles. The zero-order chi connectivity index (χ0) is 18.1. The Kier molecular flexibility index (Phi) is 12.3. The predicted octanol–water partition coefficient (Wildman–Crippen LogP) is 3.82. The summed E-state index contributed by atoms with van der Waals surface area (Å²) in [6.07, 6.45) is 6.51. The van der Waals surface area contributed by atoms with E-state index in [1.54, 1.807) is 7.11 Å². The summed E-state index contributed by atoms with van der Waals surface area (Å²) in [5.74, 6) is 0.865. The minimum absolute atomic E-state index is 0. The van der Waals surface area contributed by atoms with Gasteiger partial charge in [0.25, 0.3) is 0 Å². The standard InChI is InChI=1S/C19H39N3O2.HI/c1-7-24-13-12-19(10-8-9-11-19)15-22-17(20-5)21-14-16(23-6)18(2,3)4;/h16H,7-15H2,1-6H3,(H2,20,21,22);1H. The van der Waals surface area contributed by atoms with Crippen molar-refractivity contribution < 1.29 is 9.47 Å². The number of rotatable bonds is 9. The summed E-state index contributed by atoms with van der Waals surface area (Å²) in [7, 11) is 3.60. The van der Waals surface area contributed by atoms with Crippen LogP contribution < -0.4 is 10.6 Å². The number of aliphatic imine (C=N–C) groups is 1. The van der Waals surface area contributed by atoms with Crippen molar-refractivity contribution in [2.45, 2.75) is 65.9 Å². The van der Waals surface area contributed by atoms with Gasteiger partial charge in [-0.05, 0) is 37.0 Å². The Balaban J connectivity index is 0.00000576. The van der Waals surface area contributed by atoms with Gasteiger partial charge in [0.15, 0.2) is 5.96 Å². The lowest BCUT2D eigenvalue weighted by molar-refractivity contribution is 0.0205. The monoisotopic (exact) mass is 469 g/mol. The number of halogens is 1. The summed E-state index contributed by atoms with van der Waals surface area (Å²) in [5.41, 5.74) is 0.461. The van der Waals surface area contributed by atoms with Gasteiger partial charge in [0.2, 0.25) is 0 Å². The molecule has 1 atom stereocenters. The van der Waals surface area contributed by atoms with Crippen molar-refractivity contribution >= 4 is 29.9 Å². The molecule has 0 spiro atoms. The van der Waals surface area contributed by atoms with Crippen molar-refractivity contribution in [2.24, 2.45) is 15.8 Å². The van der Waals surface area contributed by atoms with Gasteiger partial charge in [0.05, 0.1) is 6.10 Å². The first-order valence-corrected chi connectivity index (χ1v) is 9.42. The molecule has 1 rings (SSSR count). The second kappa shape index (κ2) is 12.3. The van der Waals surface area contributed by atoms with Crippen LogP contribution in [-0.4, -0.2) is 52.5 Å². The van der Waals surface area contributed by atoms with Gasteiger partial charge in [0.1, 0.15) is 0 Å². The summed E-state index contributed by atoms with van der Waals surface area (Å²) in [6.45, 7) is 12.0. The van der Waals surface area contributed by atoms with Gasteiger partial charge in [-0.25, -0.2) is 0 Å². The van der Waals surface area contributed by atoms with Crippen molar-refractivity contribution in [3.63, 3.8) is 0 Å². The lowest BCUT2D eigenvalue weighted by Gasteiger charge is -2.32. The zero-order valence-electron chi connectivity index (χ0n) is 17.1. The molecule has 2 N–H and O–H groups in total.